The zero-order chi connectivity index (χ0) is 15.1. The van der Waals surface area contributed by atoms with Crippen molar-refractivity contribution in [1.29, 1.82) is 0 Å². The summed E-state index contributed by atoms with van der Waals surface area (Å²) >= 11 is 1.96. The number of carbonyl (C=O) groups excluding carboxylic acids is 1. The number of halogens is 1. The first-order valence-electron chi connectivity index (χ1n) is 5.96. The molecule has 0 amide bonds. The minimum absolute atomic E-state index is 0.0273. The van der Waals surface area contributed by atoms with E-state index in [2.05, 4.69) is 0 Å². The van der Waals surface area contributed by atoms with Crippen LogP contribution in [0.5, 0.6) is 0 Å². The van der Waals surface area contributed by atoms with Gasteiger partial charge in [0.25, 0.3) is 0 Å². The van der Waals surface area contributed by atoms with Crippen molar-refractivity contribution in [3.8, 4) is 0 Å². The fourth-order valence-corrected chi connectivity index (χ4v) is 3.37. The molecule has 20 heavy (non-hydrogen) atoms. The third-order valence-electron chi connectivity index (χ3n) is 3.33. The van der Waals surface area contributed by atoms with E-state index in [4.69, 9.17) is 9.88 Å². The molecule has 1 unspecified atom stereocenters. The van der Waals surface area contributed by atoms with Gasteiger partial charge in [-0.3, -0.25) is 4.79 Å². The first-order valence-corrected chi connectivity index (χ1v) is 8.58. The highest BCUT2D eigenvalue weighted by Crippen LogP contribution is 2.41. The molecule has 1 heterocycles. The number of hydrogen-bond donors (Lipinski definition) is 1. The number of sulfonamides is 1. The molecule has 2 N–H and O–H groups in total. The second-order valence-electron chi connectivity index (χ2n) is 4.73. The van der Waals surface area contributed by atoms with Gasteiger partial charge in [0.15, 0.2) is 5.60 Å². The van der Waals surface area contributed by atoms with Gasteiger partial charge in [-0.2, -0.15) is 0 Å². The number of hydrogen-bond acceptors (Lipinski definition) is 4. The van der Waals surface area contributed by atoms with Gasteiger partial charge in [-0.15, -0.1) is 0 Å². The number of benzene rings is 1. The van der Waals surface area contributed by atoms with E-state index in [1.54, 1.807) is 19.1 Å². The summed E-state index contributed by atoms with van der Waals surface area (Å²) in [6.45, 7) is 3.63. The highest BCUT2D eigenvalue weighted by atomic mass is 127. The molecule has 1 aromatic carbocycles. The molecule has 0 spiro atoms. The first kappa shape index (κ1) is 15.5. The molecule has 1 aliphatic heterocycles. The molecule has 2 rings (SSSR count). The van der Waals surface area contributed by atoms with Gasteiger partial charge in [-0.1, -0.05) is 6.92 Å². The molecule has 0 saturated carbocycles. The molecule has 0 aromatic heterocycles. The van der Waals surface area contributed by atoms with Crippen molar-refractivity contribution >= 4 is 44.2 Å². The summed E-state index contributed by atoms with van der Waals surface area (Å²) in [7, 11) is -3.72. The maximum absolute atomic E-state index is 12.2. The van der Waals surface area contributed by atoms with E-state index in [1.807, 2.05) is 29.5 Å². The smallest absolute Gasteiger partial charge is 0.238 e. The van der Waals surface area contributed by atoms with Gasteiger partial charge in [0.05, 0.1) is 4.90 Å². The Hall–Kier alpha value is -0.930. The molecule has 1 atom stereocenters. The lowest BCUT2D eigenvalue weighted by atomic mass is 9.99. The highest BCUT2D eigenvalue weighted by molar-refractivity contribution is 14.1. The predicted molar refractivity (Wildman–Crippen MR) is 83.5 cm³/mol. The van der Waals surface area contributed by atoms with Crippen LogP contribution in [0.25, 0.3) is 5.76 Å². The third kappa shape index (κ3) is 2.61. The molecule has 0 radical (unpaired) electrons. The van der Waals surface area contributed by atoms with Crippen LogP contribution in [-0.2, 0) is 19.6 Å². The SMILES string of the molecule is CCC1(C)OC(c2ccc(S(N)(=O)=O)cc2)=C(I)C1=O. The molecule has 1 aromatic rings. The molecular formula is C13H14INO4S. The molecule has 0 aliphatic carbocycles. The minimum Gasteiger partial charge on any atom is -0.478 e. The van der Waals surface area contributed by atoms with E-state index in [0.29, 0.717) is 21.3 Å². The average Bonchev–Trinajstić information content (AvgIpc) is 2.63. The summed E-state index contributed by atoms with van der Waals surface area (Å²) < 4.78 is 28.7. The lowest BCUT2D eigenvalue weighted by Crippen LogP contribution is -2.32. The van der Waals surface area contributed by atoms with Crippen LogP contribution in [0.4, 0.5) is 0 Å². The van der Waals surface area contributed by atoms with E-state index >= 15 is 0 Å². The quantitative estimate of drug-likeness (QED) is 0.779. The Labute approximate surface area is 131 Å². The third-order valence-corrected chi connectivity index (χ3v) is 5.24. The van der Waals surface area contributed by atoms with Crippen LogP contribution in [0, 0.1) is 0 Å². The molecule has 0 bridgehead atoms. The number of carbonyl (C=O) groups is 1. The summed E-state index contributed by atoms with van der Waals surface area (Å²) in [5, 5.41) is 5.05. The number of Topliss-reactive ketones (excluding diaryl/α,β-unsaturated/α-hetero) is 1. The van der Waals surface area contributed by atoms with Crippen LogP contribution in [0.2, 0.25) is 0 Å². The average molecular weight is 407 g/mol. The second kappa shape index (κ2) is 5.12. The van der Waals surface area contributed by atoms with Crippen molar-refractivity contribution in [2.45, 2.75) is 30.8 Å². The van der Waals surface area contributed by atoms with Crippen LogP contribution in [0.15, 0.2) is 32.7 Å². The predicted octanol–water partition coefficient (Wildman–Crippen LogP) is 2.21. The van der Waals surface area contributed by atoms with Crippen molar-refractivity contribution in [1.82, 2.24) is 0 Å². The summed E-state index contributed by atoms with van der Waals surface area (Å²) in [4.78, 5) is 12.2. The number of ketones is 1. The maximum atomic E-state index is 12.2. The van der Waals surface area contributed by atoms with E-state index in [1.165, 1.54) is 12.1 Å². The van der Waals surface area contributed by atoms with Crippen molar-refractivity contribution < 1.29 is 17.9 Å². The molecule has 108 valence electrons. The van der Waals surface area contributed by atoms with Gasteiger partial charge >= 0.3 is 0 Å². The van der Waals surface area contributed by atoms with Gasteiger partial charge in [0.1, 0.15) is 9.34 Å². The lowest BCUT2D eigenvalue weighted by molar-refractivity contribution is -0.127. The number of primary sulfonamides is 1. The molecule has 5 nitrogen and oxygen atoms in total. The van der Waals surface area contributed by atoms with E-state index in [-0.39, 0.29) is 10.7 Å². The standard InChI is InChI=1S/C13H14INO4S/c1-3-13(2)12(16)10(14)11(19-13)8-4-6-9(7-5-8)20(15,17)18/h4-7H,3H2,1-2H3,(H2,15,17,18). The molecule has 1 aliphatic rings. The zero-order valence-electron chi connectivity index (χ0n) is 11.0. The van der Waals surface area contributed by atoms with Crippen LogP contribution in [0.3, 0.4) is 0 Å². The highest BCUT2D eigenvalue weighted by Gasteiger charge is 2.43. The molecule has 0 saturated heterocycles. The van der Waals surface area contributed by atoms with Crippen molar-refractivity contribution in [2.24, 2.45) is 5.14 Å². The topological polar surface area (TPSA) is 86.5 Å². The van der Waals surface area contributed by atoms with Crippen molar-refractivity contribution in [3.05, 3.63) is 33.4 Å². The van der Waals surface area contributed by atoms with Crippen LogP contribution >= 0.6 is 22.6 Å². The number of nitrogens with two attached hydrogens (primary N) is 1. The van der Waals surface area contributed by atoms with Gasteiger partial charge in [-0.25, -0.2) is 13.6 Å². The molecule has 7 heteroatoms. The maximum Gasteiger partial charge on any atom is 0.238 e. The Kier molecular flexibility index (Phi) is 3.96. The second-order valence-corrected chi connectivity index (χ2v) is 7.37. The van der Waals surface area contributed by atoms with E-state index in [0.717, 1.165) is 0 Å². The van der Waals surface area contributed by atoms with Crippen molar-refractivity contribution in [2.75, 3.05) is 0 Å². The minimum atomic E-state index is -3.72. The number of rotatable bonds is 3. The fraction of sp³-hybridized carbons (Fsp3) is 0.308. The normalized spacial score (nSPS) is 23.1. The fourth-order valence-electron chi connectivity index (χ4n) is 1.87. The van der Waals surface area contributed by atoms with Crippen molar-refractivity contribution in [3.63, 3.8) is 0 Å². The largest absolute Gasteiger partial charge is 0.478 e. The number of ether oxygens (including phenoxy) is 1. The summed E-state index contributed by atoms with van der Waals surface area (Å²) in [6.07, 6.45) is 0.567. The van der Waals surface area contributed by atoms with Gasteiger partial charge in [0, 0.05) is 5.56 Å². The molecule has 0 fully saturated rings. The van der Waals surface area contributed by atoms with Gasteiger partial charge in [0.2, 0.25) is 15.8 Å². The summed E-state index contributed by atoms with van der Waals surface area (Å²) in [5.41, 5.74) is -0.183. The Morgan fingerprint density at radius 1 is 1.30 bits per heavy atom. The lowest BCUT2D eigenvalue weighted by Gasteiger charge is -2.21. The van der Waals surface area contributed by atoms with E-state index in [9.17, 15) is 13.2 Å². The van der Waals surface area contributed by atoms with Crippen LogP contribution in [-0.4, -0.2) is 19.8 Å². The monoisotopic (exact) mass is 407 g/mol. The summed E-state index contributed by atoms with van der Waals surface area (Å²) in [6, 6.07) is 5.97. The Morgan fingerprint density at radius 3 is 2.25 bits per heavy atom. The molecular weight excluding hydrogens is 393 g/mol. The zero-order valence-corrected chi connectivity index (χ0v) is 14.0. The Balaban J connectivity index is 2.41. The Bertz CT molecular complexity index is 694. The van der Waals surface area contributed by atoms with Crippen LogP contribution < -0.4 is 5.14 Å². The first-order chi connectivity index (χ1) is 9.19. The van der Waals surface area contributed by atoms with E-state index < -0.39 is 15.6 Å². The summed E-state index contributed by atoms with van der Waals surface area (Å²) in [5.74, 6) is 0.437. The Morgan fingerprint density at radius 2 is 1.85 bits per heavy atom. The van der Waals surface area contributed by atoms with Gasteiger partial charge in [-0.05, 0) is 60.2 Å². The van der Waals surface area contributed by atoms with Crippen LogP contribution in [0.1, 0.15) is 25.8 Å². The van der Waals surface area contributed by atoms with Gasteiger partial charge < -0.3 is 4.74 Å².